The largest absolute Gasteiger partial charge is 0.456 e. The quantitative estimate of drug-likeness (QED) is 0.141. The lowest BCUT2D eigenvalue weighted by Crippen LogP contribution is -1.91. The van der Waals surface area contributed by atoms with Crippen molar-refractivity contribution in [1.29, 1.82) is 0 Å². The van der Waals surface area contributed by atoms with Crippen molar-refractivity contribution in [2.24, 2.45) is 0 Å². The van der Waals surface area contributed by atoms with Gasteiger partial charge in [-0.3, -0.25) is 0 Å². The van der Waals surface area contributed by atoms with Crippen molar-refractivity contribution in [3.05, 3.63) is 169 Å². The molecule has 0 bridgehead atoms. The molecule has 47 heavy (non-hydrogen) atoms. The van der Waals surface area contributed by atoms with Crippen LogP contribution in [0.15, 0.2) is 174 Å². The fourth-order valence-corrected chi connectivity index (χ4v) is 5.68. The molecule has 0 aliphatic carbocycles. The predicted molar refractivity (Wildman–Crippen MR) is 200 cm³/mol. The Hall–Kier alpha value is -6.18. The maximum Gasteiger partial charge on any atom is 0.135 e. The van der Waals surface area contributed by atoms with Gasteiger partial charge < -0.3 is 4.42 Å². The summed E-state index contributed by atoms with van der Waals surface area (Å²) >= 11 is 0. The molecule has 1 aromatic heterocycles. The average molecular weight is 625 g/mol. The zero-order chi connectivity index (χ0) is 55.3. The first-order valence-corrected chi connectivity index (χ1v) is 13.9. The SMILES string of the molecule is [2H]c1c([2H])c([2H])c(-c2c([2H])c([2H])c3c(c2[2H])c([2H])c([2H])c2c([2H])c(-c4c5c([2H])c([2H])c([2H])c([2H])c5c(-c5c([2H])c([2H])c6oc7c([2H])c([2H])c([2H])c([2H])c7c6c5[2H])c5c([2H])c([2H])c([2H])c([2H])c45)c([2H])c([2H])c23)c([2H])c1[2H]. The third-order valence-corrected chi connectivity index (χ3v) is 7.70. The van der Waals surface area contributed by atoms with Crippen LogP contribution in [0.2, 0.25) is 0 Å². The van der Waals surface area contributed by atoms with E-state index in [1.54, 1.807) is 0 Å². The lowest BCUT2D eigenvalue weighted by atomic mass is 9.85. The van der Waals surface area contributed by atoms with Crippen LogP contribution in [0.4, 0.5) is 0 Å². The van der Waals surface area contributed by atoms with E-state index in [-0.39, 0.29) is 0 Å². The maximum absolute atomic E-state index is 9.82. The number of furan rings is 1. The van der Waals surface area contributed by atoms with Gasteiger partial charge in [0.2, 0.25) is 0 Å². The van der Waals surface area contributed by atoms with E-state index in [1.807, 2.05) is 0 Å². The summed E-state index contributed by atoms with van der Waals surface area (Å²) < 4.78 is 257. The Morgan fingerprint density at radius 1 is 0.298 bits per heavy atom. The summed E-state index contributed by atoms with van der Waals surface area (Å²) in [5.41, 5.74) is -5.46. The number of hydrogen-bond donors (Lipinski definition) is 0. The molecule has 10 rings (SSSR count). The Kier molecular flexibility index (Phi) is 2.31. The van der Waals surface area contributed by atoms with Crippen LogP contribution in [0.3, 0.4) is 0 Å². The summed E-state index contributed by atoms with van der Waals surface area (Å²) in [5, 5.41) is -6.43. The van der Waals surface area contributed by atoms with Gasteiger partial charge in [-0.15, -0.1) is 0 Å². The van der Waals surface area contributed by atoms with Gasteiger partial charge in [-0.25, -0.2) is 0 Å². The Bertz CT molecular complexity index is 4330. The van der Waals surface area contributed by atoms with Gasteiger partial charge >= 0.3 is 0 Å². The standard InChI is InChI=1S/C46H28O/c1-2-10-29(11-3-1)30-20-23-35-31(26-30)18-19-32-27-33(21-24-36(32)35)45-38-13-4-6-15-40(38)46(41-16-7-5-14-39(41)45)34-22-25-44-42(28-34)37-12-8-9-17-43(37)47-44/h1-28H/i1D,2D,3D,4D,5D,6D,7D,8D,9D,10D,11D,12D,13D,14D,15D,16D,17D,18D,19D,20D,21D,22D,23D,24D,25D,26D,27D,28D. The van der Waals surface area contributed by atoms with Crippen molar-refractivity contribution < 1.29 is 42.8 Å². The summed E-state index contributed by atoms with van der Waals surface area (Å²) in [6.45, 7) is 0. The monoisotopic (exact) mass is 624 g/mol. The van der Waals surface area contributed by atoms with E-state index in [0.29, 0.717) is 0 Å². The Labute approximate surface area is 311 Å². The van der Waals surface area contributed by atoms with Gasteiger partial charge in [-0.2, -0.15) is 0 Å². The van der Waals surface area contributed by atoms with Gasteiger partial charge in [-0.1, -0.05) is 139 Å². The Morgan fingerprint density at radius 3 is 1.40 bits per heavy atom. The summed E-state index contributed by atoms with van der Waals surface area (Å²) in [5.74, 6) is 0. The Balaban J connectivity index is 1.45. The van der Waals surface area contributed by atoms with Crippen molar-refractivity contribution in [2.75, 3.05) is 0 Å². The molecule has 0 atom stereocenters. The molecular formula is C46H28O. The number of rotatable bonds is 3. The highest BCUT2D eigenvalue weighted by molar-refractivity contribution is 6.23. The van der Waals surface area contributed by atoms with Gasteiger partial charge in [0.1, 0.15) is 11.2 Å². The first-order chi connectivity index (χ1) is 35.0. The van der Waals surface area contributed by atoms with Gasteiger partial charge in [0.05, 0.1) is 38.4 Å². The molecule has 0 N–H and O–H groups in total. The van der Waals surface area contributed by atoms with E-state index in [1.165, 1.54) is 0 Å². The average Bonchev–Trinajstić information content (AvgIpc) is 3.79. The van der Waals surface area contributed by atoms with E-state index >= 15 is 0 Å². The predicted octanol–water partition coefficient (Wildman–Crippen LogP) is 13.2. The second-order valence-corrected chi connectivity index (χ2v) is 10.3. The van der Waals surface area contributed by atoms with Crippen LogP contribution in [0.25, 0.3) is 98.4 Å². The highest BCUT2D eigenvalue weighted by Gasteiger charge is 2.18. The van der Waals surface area contributed by atoms with Crippen LogP contribution >= 0.6 is 0 Å². The minimum absolute atomic E-state index is 0.426. The molecule has 0 fully saturated rings. The molecule has 0 saturated carbocycles. The second-order valence-electron chi connectivity index (χ2n) is 10.3. The van der Waals surface area contributed by atoms with Gasteiger partial charge in [0.15, 0.2) is 0 Å². The topological polar surface area (TPSA) is 13.1 Å². The zero-order valence-corrected chi connectivity index (χ0v) is 23.4. The minimum Gasteiger partial charge on any atom is -0.456 e. The second kappa shape index (κ2) is 10.2. The van der Waals surface area contributed by atoms with E-state index in [9.17, 15) is 17.8 Å². The van der Waals surface area contributed by atoms with Crippen molar-refractivity contribution in [3.63, 3.8) is 0 Å². The van der Waals surface area contributed by atoms with Crippen LogP contribution in [0.1, 0.15) is 38.4 Å². The van der Waals surface area contributed by atoms with Gasteiger partial charge in [0.25, 0.3) is 0 Å². The summed E-state index contributed by atoms with van der Waals surface area (Å²) in [7, 11) is 0. The summed E-state index contributed by atoms with van der Waals surface area (Å²) in [6, 6.07) is -25.4. The summed E-state index contributed by atoms with van der Waals surface area (Å²) in [6.07, 6.45) is 0. The highest BCUT2D eigenvalue weighted by Crippen LogP contribution is 2.45. The van der Waals surface area contributed by atoms with Crippen molar-refractivity contribution in [3.8, 4) is 33.4 Å². The number of hydrogen-bond acceptors (Lipinski definition) is 1. The lowest BCUT2D eigenvalue weighted by Gasteiger charge is -2.18. The number of para-hydroxylation sites is 1. The molecule has 0 amide bonds. The zero-order valence-electron chi connectivity index (χ0n) is 51.4. The molecule has 0 radical (unpaired) electrons. The molecule has 1 heteroatoms. The third kappa shape index (κ3) is 4.03. The molecular weight excluding hydrogens is 569 g/mol. The first-order valence-electron chi connectivity index (χ1n) is 27.9. The summed E-state index contributed by atoms with van der Waals surface area (Å²) in [4.78, 5) is 0. The number of benzene rings is 9. The van der Waals surface area contributed by atoms with Crippen LogP contribution < -0.4 is 0 Å². The molecule has 9 aromatic carbocycles. The van der Waals surface area contributed by atoms with Crippen LogP contribution in [-0.2, 0) is 0 Å². The molecule has 10 aromatic rings. The third-order valence-electron chi connectivity index (χ3n) is 7.70. The number of fused-ring (bicyclic) bond motifs is 8. The fourth-order valence-electron chi connectivity index (χ4n) is 5.68. The molecule has 1 nitrogen and oxygen atoms in total. The van der Waals surface area contributed by atoms with E-state index in [2.05, 4.69) is 0 Å². The van der Waals surface area contributed by atoms with Gasteiger partial charge in [-0.05, 0) is 107 Å². The molecule has 0 saturated heterocycles. The smallest absolute Gasteiger partial charge is 0.135 e. The lowest BCUT2D eigenvalue weighted by molar-refractivity contribution is 0.669. The molecule has 0 spiro atoms. The van der Waals surface area contributed by atoms with Crippen molar-refractivity contribution in [2.45, 2.75) is 0 Å². The Morgan fingerprint density at radius 2 is 0.766 bits per heavy atom. The molecule has 0 aliphatic rings. The highest BCUT2D eigenvalue weighted by atomic mass is 16.3. The van der Waals surface area contributed by atoms with E-state index in [4.69, 9.17) is 25.0 Å². The van der Waals surface area contributed by atoms with Crippen LogP contribution in [-0.4, -0.2) is 0 Å². The van der Waals surface area contributed by atoms with Crippen LogP contribution in [0.5, 0.6) is 0 Å². The van der Waals surface area contributed by atoms with Crippen molar-refractivity contribution >= 4 is 65.0 Å². The minimum atomic E-state index is -1.05. The molecule has 1 heterocycles. The van der Waals surface area contributed by atoms with Gasteiger partial charge in [0, 0.05) is 10.8 Å². The molecule has 0 unspecified atom stereocenters. The van der Waals surface area contributed by atoms with Crippen molar-refractivity contribution in [1.82, 2.24) is 0 Å². The first kappa shape index (κ1) is 10.7. The van der Waals surface area contributed by atoms with Crippen LogP contribution in [0, 0.1) is 0 Å². The molecule has 218 valence electrons. The normalized spacial score (nSPS) is 20.2. The van der Waals surface area contributed by atoms with E-state index in [0.717, 1.165) is 0 Å². The molecule has 0 aliphatic heterocycles. The van der Waals surface area contributed by atoms with E-state index < -0.39 is 268 Å². The maximum atomic E-state index is 9.82. The fraction of sp³-hybridized carbons (Fsp3) is 0.